The van der Waals surface area contributed by atoms with E-state index in [1.165, 1.54) is 22.8 Å². The molecule has 0 aliphatic carbocycles. The summed E-state index contributed by atoms with van der Waals surface area (Å²) in [7, 11) is 0. The molecule has 2 aromatic carbocycles. The van der Waals surface area contributed by atoms with Crippen LogP contribution < -0.4 is 0 Å². The van der Waals surface area contributed by atoms with Crippen LogP contribution in [0.4, 0.5) is 13.2 Å². The Bertz CT molecular complexity index is 764. The number of rotatable bonds is 4. The summed E-state index contributed by atoms with van der Waals surface area (Å²) in [6.45, 7) is 5.84. The fraction of sp³-hybridized carbons (Fsp3) is 0.364. The molecule has 0 saturated heterocycles. The van der Waals surface area contributed by atoms with Gasteiger partial charge in [0.05, 0.1) is 0 Å². The second-order valence-corrected chi connectivity index (χ2v) is 7.54. The van der Waals surface area contributed by atoms with E-state index in [9.17, 15) is 13.2 Å². The Morgan fingerprint density at radius 2 is 1.48 bits per heavy atom. The topological polar surface area (TPSA) is 3.24 Å². The van der Waals surface area contributed by atoms with E-state index in [2.05, 4.69) is 55.1 Å². The summed E-state index contributed by atoms with van der Waals surface area (Å²) in [5.41, 5.74) is 3.03. The van der Waals surface area contributed by atoms with Crippen LogP contribution in [0, 0.1) is 0 Å². The highest BCUT2D eigenvalue weighted by Crippen LogP contribution is 2.32. The normalized spacial score (nSPS) is 15.8. The number of hydrogen-bond donors (Lipinski definition) is 0. The van der Waals surface area contributed by atoms with Crippen LogP contribution in [0.15, 0.2) is 66.2 Å². The number of benzene rings is 2. The average Bonchev–Trinajstić information content (AvgIpc) is 2.62. The third-order valence-corrected chi connectivity index (χ3v) is 5.05. The van der Waals surface area contributed by atoms with Gasteiger partial charge in [0, 0.05) is 30.6 Å². The van der Waals surface area contributed by atoms with Gasteiger partial charge in [-0.15, -0.1) is 12.4 Å². The van der Waals surface area contributed by atoms with E-state index in [4.69, 9.17) is 0 Å². The molecule has 0 atom stereocenters. The van der Waals surface area contributed by atoms with Crippen molar-refractivity contribution in [3.05, 3.63) is 71.8 Å². The van der Waals surface area contributed by atoms with Crippen molar-refractivity contribution in [1.29, 1.82) is 0 Å². The van der Waals surface area contributed by atoms with Crippen molar-refractivity contribution in [2.75, 3.05) is 19.6 Å². The predicted octanol–water partition coefficient (Wildman–Crippen LogP) is 6.25. The summed E-state index contributed by atoms with van der Waals surface area (Å²) in [5.74, 6) is 0. The molecule has 0 fully saturated rings. The minimum Gasteiger partial charge on any atom is -0.298 e. The first-order valence-corrected chi connectivity index (χ1v) is 8.90. The van der Waals surface area contributed by atoms with Gasteiger partial charge in [-0.3, -0.25) is 4.90 Å². The standard InChI is InChI=1S/C22H24F3N.ClH/c1-21(2,16-26-14-12-20(13-15-26)22(23,24)25)19-10-8-18(9-11-19)17-6-4-3-5-7-17;/h3-12H,13-16H2,1-2H3;1H. The Kier molecular flexibility index (Phi) is 6.77. The van der Waals surface area contributed by atoms with Gasteiger partial charge < -0.3 is 0 Å². The highest BCUT2D eigenvalue weighted by Gasteiger charge is 2.35. The first kappa shape index (κ1) is 21.5. The van der Waals surface area contributed by atoms with Crippen molar-refractivity contribution in [3.8, 4) is 11.1 Å². The Balaban J connectivity index is 0.00000261. The van der Waals surface area contributed by atoms with Crippen LogP contribution in [0.25, 0.3) is 11.1 Å². The van der Waals surface area contributed by atoms with Gasteiger partial charge in [-0.05, 0) is 23.1 Å². The molecule has 0 spiro atoms. The van der Waals surface area contributed by atoms with Crippen LogP contribution in [0.2, 0.25) is 0 Å². The van der Waals surface area contributed by atoms with Crippen molar-refractivity contribution >= 4 is 12.4 Å². The van der Waals surface area contributed by atoms with Crippen molar-refractivity contribution < 1.29 is 13.2 Å². The first-order valence-electron chi connectivity index (χ1n) is 8.90. The molecule has 1 aliphatic rings. The van der Waals surface area contributed by atoms with Crippen molar-refractivity contribution in [2.45, 2.75) is 31.9 Å². The maximum atomic E-state index is 12.8. The lowest BCUT2D eigenvalue weighted by Crippen LogP contribution is -2.40. The lowest BCUT2D eigenvalue weighted by atomic mass is 9.83. The zero-order valence-corrected chi connectivity index (χ0v) is 16.4. The van der Waals surface area contributed by atoms with Gasteiger partial charge in [-0.25, -0.2) is 0 Å². The summed E-state index contributed by atoms with van der Waals surface area (Å²) < 4.78 is 38.3. The third kappa shape index (κ3) is 5.36. The van der Waals surface area contributed by atoms with Gasteiger partial charge in [0.15, 0.2) is 0 Å². The molecule has 0 amide bonds. The summed E-state index contributed by atoms with van der Waals surface area (Å²) >= 11 is 0. The molecule has 5 heteroatoms. The minimum absolute atomic E-state index is 0. The summed E-state index contributed by atoms with van der Waals surface area (Å²) in [6, 6.07) is 18.7. The van der Waals surface area contributed by atoms with E-state index in [1.54, 1.807) is 0 Å². The number of nitrogens with zero attached hydrogens (tertiary/aromatic N) is 1. The van der Waals surface area contributed by atoms with Crippen LogP contribution in [-0.4, -0.2) is 30.7 Å². The van der Waals surface area contributed by atoms with Gasteiger partial charge in [-0.1, -0.05) is 74.5 Å². The molecule has 1 heterocycles. The monoisotopic (exact) mass is 395 g/mol. The number of hydrogen-bond acceptors (Lipinski definition) is 1. The molecule has 0 saturated carbocycles. The van der Waals surface area contributed by atoms with Gasteiger partial charge in [-0.2, -0.15) is 13.2 Å². The molecule has 2 aromatic rings. The molecule has 3 rings (SSSR count). The quantitative estimate of drug-likeness (QED) is 0.553. The van der Waals surface area contributed by atoms with Gasteiger partial charge in [0.25, 0.3) is 0 Å². The Morgan fingerprint density at radius 1 is 0.889 bits per heavy atom. The molecular formula is C22H25ClF3N. The van der Waals surface area contributed by atoms with Gasteiger partial charge in [0.2, 0.25) is 0 Å². The van der Waals surface area contributed by atoms with E-state index in [1.807, 2.05) is 18.2 Å². The average molecular weight is 396 g/mol. The smallest absolute Gasteiger partial charge is 0.298 e. The second kappa shape index (κ2) is 8.49. The van der Waals surface area contributed by atoms with Gasteiger partial charge in [0.1, 0.15) is 0 Å². The second-order valence-electron chi connectivity index (χ2n) is 7.54. The molecule has 0 N–H and O–H groups in total. The first-order chi connectivity index (χ1) is 12.3. The molecule has 1 nitrogen and oxygen atoms in total. The van der Waals surface area contributed by atoms with E-state index < -0.39 is 11.7 Å². The number of alkyl halides is 3. The van der Waals surface area contributed by atoms with Crippen molar-refractivity contribution in [2.24, 2.45) is 0 Å². The Hall–Kier alpha value is -1.78. The maximum Gasteiger partial charge on any atom is 0.412 e. The maximum absolute atomic E-state index is 12.8. The summed E-state index contributed by atoms with van der Waals surface area (Å²) in [5, 5.41) is 0. The van der Waals surface area contributed by atoms with Crippen LogP contribution in [0.1, 0.15) is 25.8 Å². The van der Waals surface area contributed by atoms with E-state index in [0.717, 1.165) is 6.54 Å². The van der Waals surface area contributed by atoms with Gasteiger partial charge >= 0.3 is 6.18 Å². The summed E-state index contributed by atoms with van der Waals surface area (Å²) in [6.07, 6.45) is -2.78. The van der Waals surface area contributed by atoms with E-state index in [-0.39, 0.29) is 24.2 Å². The minimum atomic E-state index is -4.19. The van der Waals surface area contributed by atoms with Crippen LogP contribution in [0.3, 0.4) is 0 Å². The van der Waals surface area contributed by atoms with Crippen molar-refractivity contribution in [3.63, 3.8) is 0 Å². The van der Waals surface area contributed by atoms with Crippen LogP contribution in [0.5, 0.6) is 0 Å². The predicted molar refractivity (Wildman–Crippen MR) is 107 cm³/mol. The van der Waals surface area contributed by atoms with E-state index >= 15 is 0 Å². The number of halogens is 4. The lowest BCUT2D eigenvalue weighted by Gasteiger charge is -2.35. The molecule has 1 aliphatic heterocycles. The molecule has 27 heavy (non-hydrogen) atoms. The molecule has 146 valence electrons. The Labute approximate surface area is 165 Å². The highest BCUT2D eigenvalue weighted by molar-refractivity contribution is 5.85. The molecule has 0 radical (unpaired) electrons. The fourth-order valence-corrected chi connectivity index (χ4v) is 3.51. The Morgan fingerprint density at radius 3 is 2.00 bits per heavy atom. The third-order valence-electron chi connectivity index (χ3n) is 5.05. The summed E-state index contributed by atoms with van der Waals surface area (Å²) in [4.78, 5) is 2.10. The zero-order chi connectivity index (χ0) is 18.8. The largest absolute Gasteiger partial charge is 0.412 e. The highest BCUT2D eigenvalue weighted by atomic mass is 35.5. The van der Waals surface area contributed by atoms with Crippen molar-refractivity contribution in [1.82, 2.24) is 4.90 Å². The molecule has 0 aromatic heterocycles. The SMILES string of the molecule is CC(C)(CN1CC=C(C(F)(F)F)CC1)c1ccc(-c2ccccc2)cc1.Cl. The fourth-order valence-electron chi connectivity index (χ4n) is 3.51. The molecule has 0 unspecified atom stereocenters. The lowest BCUT2D eigenvalue weighted by molar-refractivity contribution is -0.0961. The van der Waals surface area contributed by atoms with Crippen LogP contribution >= 0.6 is 12.4 Å². The molecule has 0 bridgehead atoms. The van der Waals surface area contributed by atoms with Crippen LogP contribution in [-0.2, 0) is 5.41 Å². The molecular weight excluding hydrogens is 371 g/mol. The zero-order valence-electron chi connectivity index (χ0n) is 15.6. The van der Waals surface area contributed by atoms with E-state index in [0.29, 0.717) is 13.1 Å².